The molecule has 4 nitrogen and oxygen atoms in total. The minimum absolute atomic E-state index is 0.134. The topological polar surface area (TPSA) is 61.4 Å². The van der Waals surface area contributed by atoms with Crippen molar-refractivity contribution >= 4 is 17.5 Å². The van der Waals surface area contributed by atoms with E-state index in [2.05, 4.69) is 10.6 Å². The predicted octanol–water partition coefficient (Wildman–Crippen LogP) is 2.19. The van der Waals surface area contributed by atoms with Crippen LogP contribution in [-0.4, -0.2) is 23.6 Å². The molecule has 0 saturated heterocycles. The highest BCUT2D eigenvalue weighted by Crippen LogP contribution is 2.21. The Morgan fingerprint density at radius 3 is 2.95 bits per heavy atom. The fraction of sp³-hybridized carbons (Fsp3) is 0.500. The molecule has 1 aromatic rings. The number of phenolic OH excluding ortho intramolecular Hbond substituents is 1. The molecular formula is C14H19ClN2O2. The van der Waals surface area contributed by atoms with Crippen molar-refractivity contribution in [3.8, 4) is 5.75 Å². The van der Waals surface area contributed by atoms with Crippen LogP contribution in [0.25, 0.3) is 0 Å². The molecule has 0 atom stereocenters. The summed E-state index contributed by atoms with van der Waals surface area (Å²) < 4.78 is 0. The van der Waals surface area contributed by atoms with E-state index in [1.54, 1.807) is 18.2 Å². The second-order valence-corrected chi connectivity index (χ2v) is 5.33. The molecule has 1 aliphatic rings. The largest absolute Gasteiger partial charge is 0.508 e. The second-order valence-electron chi connectivity index (χ2n) is 4.90. The van der Waals surface area contributed by atoms with Gasteiger partial charge in [0.25, 0.3) is 0 Å². The van der Waals surface area contributed by atoms with Crippen LogP contribution in [0.3, 0.4) is 0 Å². The molecule has 0 radical (unpaired) electrons. The minimum atomic E-state index is 0.134. The summed E-state index contributed by atoms with van der Waals surface area (Å²) in [6, 6.07) is 5.42. The minimum Gasteiger partial charge on any atom is -0.508 e. The molecule has 0 spiro atoms. The Hall–Kier alpha value is -1.26. The van der Waals surface area contributed by atoms with Crippen LogP contribution in [0.4, 0.5) is 0 Å². The van der Waals surface area contributed by atoms with Gasteiger partial charge in [0, 0.05) is 29.6 Å². The average molecular weight is 283 g/mol. The standard InChI is InChI=1S/C14H19ClN2O2/c15-11-3-6-13(18)10(8-11)9-16-7-1-2-14(19)17-12-4-5-12/h3,6,8,12,16,18H,1-2,4-5,7,9H2,(H,17,19). The fourth-order valence-corrected chi connectivity index (χ4v) is 2.01. The van der Waals surface area contributed by atoms with Gasteiger partial charge in [-0.25, -0.2) is 0 Å². The van der Waals surface area contributed by atoms with E-state index in [1.807, 2.05) is 0 Å². The number of phenols is 1. The number of carbonyl (C=O) groups excluding carboxylic acids is 1. The van der Waals surface area contributed by atoms with Gasteiger partial charge < -0.3 is 15.7 Å². The molecule has 0 bridgehead atoms. The van der Waals surface area contributed by atoms with Gasteiger partial charge in [-0.15, -0.1) is 0 Å². The first-order valence-corrected chi connectivity index (χ1v) is 7.00. The van der Waals surface area contributed by atoms with Crippen molar-refractivity contribution in [2.24, 2.45) is 0 Å². The maximum Gasteiger partial charge on any atom is 0.220 e. The van der Waals surface area contributed by atoms with Crippen LogP contribution in [0, 0.1) is 0 Å². The third kappa shape index (κ3) is 5.09. The highest BCUT2D eigenvalue weighted by Gasteiger charge is 2.22. The van der Waals surface area contributed by atoms with E-state index >= 15 is 0 Å². The number of rotatable bonds is 7. The van der Waals surface area contributed by atoms with E-state index in [0.29, 0.717) is 24.0 Å². The summed E-state index contributed by atoms with van der Waals surface area (Å²) in [6.07, 6.45) is 3.58. The van der Waals surface area contributed by atoms with E-state index in [-0.39, 0.29) is 11.7 Å². The van der Waals surface area contributed by atoms with Crippen molar-refractivity contribution in [1.29, 1.82) is 0 Å². The van der Waals surface area contributed by atoms with Crippen molar-refractivity contribution < 1.29 is 9.90 Å². The maximum atomic E-state index is 11.4. The molecule has 104 valence electrons. The Balaban J connectivity index is 1.60. The summed E-state index contributed by atoms with van der Waals surface area (Å²) in [5, 5.41) is 16.4. The number of benzene rings is 1. The molecule has 1 amide bonds. The van der Waals surface area contributed by atoms with Crippen molar-refractivity contribution in [2.45, 2.75) is 38.3 Å². The Morgan fingerprint density at radius 1 is 1.42 bits per heavy atom. The monoisotopic (exact) mass is 282 g/mol. The molecule has 3 N–H and O–H groups in total. The normalized spacial score (nSPS) is 14.4. The van der Waals surface area contributed by atoms with Gasteiger partial charge in [0.05, 0.1) is 0 Å². The first-order valence-electron chi connectivity index (χ1n) is 6.62. The van der Waals surface area contributed by atoms with Gasteiger partial charge in [0.2, 0.25) is 5.91 Å². The Bertz CT molecular complexity index is 447. The van der Waals surface area contributed by atoms with Gasteiger partial charge >= 0.3 is 0 Å². The number of hydrogen-bond donors (Lipinski definition) is 3. The third-order valence-electron chi connectivity index (χ3n) is 3.06. The zero-order valence-corrected chi connectivity index (χ0v) is 11.5. The lowest BCUT2D eigenvalue weighted by molar-refractivity contribution is -0.121. The lowest BCUT2D eigenvalue weighted by Gasteiger charge is -2.07. The Morgan fingerprint density at radius 2 is 2.21 bits per heavy atom. The van der Waals surface area contributed by atoms with Crippen LogP contribution < -0.4 is 10.6 Å². The number of nitrogens with one attached hydrogen (secondary N) is 2. The van der Waals surface area contributed by atoms with Gasteiger partial charge in [-0.1, -0.05) is 11.6 Å². The lowest BCUT2D eigenvalue weighted by atomic mass is 10.2. The lowest BCUT2D eigenvalue weighted by Crippen LogP contribution is -2.26. The SMILES string of the molecule is O=C(CCCNCc1cc(Cl)ccc1O)NC1CC1. The van der Waals surface area contributed by atoms with E-state index in [4.69, 9.17) is 11.6 Å². The number of hydrogen-bond acceptors (Lipinski definition) is 3. The highest BCUT2D eigenvalue weighted by atomic mass is 35.5. The smallest absolute Gasteiger partial charge is 0.220 e. The van der Waals surface area contributed by atoms with Crippen molar-refractivity contribution in [1.82, 2.24) is 10.6 Å². The van der Waals surface area contributed by atoms with Gasteiger partial charge in [-0.2, -0.15) is 0 Å². The quantitative estimate of drug-likeness (QED) is 0.672. The Labute approximate surface area is 118 Å². The van der Waals surface area contributed by atoms with Crippen molar-refractivity contribution in [3.05, 3.63) is 28.8 Å². The molecule has 2 rings (SSSR count). The molecule has 5 heteroatoms. The molecule has 1 aliphatic carbocycles. The summed E-state index contributed by atoms with van der Waals surface area (Å²) in [5.41, 5.74) is 0.773. The molecule has 1 fully saturated rings. The second kappa shape index (κ2) is 6.78. The van der Waals surface area contributed by atoms with Crippen LogP contribution in [0.15, 0.2) is 18.2 Å². The fourth-order valence-electron chi connectivity index (χ4n) is 1.82. The summed E-state index contributed by atoms with van der Waals surface area (Å²) in [5.74, 6) is 0.373. The van der Waals surface area contributed by atoms with E-state index in [9.17, 15) is 9.90 Å². The number of aromatic hydroxyl groups is 1. The van der Waals surface area contributed by atoms with E-state index in [1.165, 1.54) is 0 Å². The molecule has 0 aliphatic heterocycles. The van der Waals surface area contributed by atoms with Crippen LogP contribution in [0.1, 0.15) is 31.2 Å². The van der Waals surface area contributed by atoms with E-state index in [0.717, 1.165) is 31.4 Å². The van der Waals surface area contributed by atoms with Gasteiger partial charge in [-0.05, 0) is 44.0 Å². The first kappa shape index (κ1) is 14.2. The summed E-state index contributed by atoms with van der Waals surface area (Å²) in [7, 11) is 0. The first-order chi connectivity index (χ1) is 9.15. The molecular weight excluding hydrogens is 264 g/mol. The third-order valence-corrected chi connectivity index (χ3v) is 3.29. The summed E-state index contributed by atoms with van der Waals surface area (Å²) >= 11 is 5.86. The molecule has 1 aromatic carbocycles. The van der Waals surface area contributed by atoms with Gasteiger partial charge in [0.15, 0.2) is 0 Å². The molecule has 1 saturated carbocycles. The zero-order valence-electron chi connectivity index (χ0n) is 10.8. The zero-order chi connectivity index (χ0) is 13.7. The van der Waals surface area contributed by atoms with Crippen LogP contribution >= 0.6 is 11.6 Å². The summed E-state index contributed by atoms with van der Waals surface area (Å²) in [4.78, 5) is 11.4. The van der Waals surface area contributed by atoms with Crippen LogP contribution in [-0.2, 0) is 11.3 Å². The Kier molecular flexibility index (Phi) is 5.05. The van der Waals surface area contributed by atoms with Gasteiger partial charge in [0.1, 0.15) is 5.75 Å². The maximum absolute atomic E-state index is 11.4. The van der Waals surface area contributed by atoms with Crippen LogP contribution in [0.2, 0.25) is 5.02 Å². The highest BCUT2D eigenvalue weighted by molar-refractivity contribution is 6.30. The van der Waals surface area contributed by atoms with Crippen LogP contribution in [0.5, 0.6) is 5.75 Å². The molecule has 19 heavy (non-hydrogen) atoms. The van der Waals surface area contributed by atoms with Crippen molar-refractivity contribution in [3.63, 3.8) is 0 Å². The number of carbonyl (C=O) groups is 1. The molecule has 0 aromatic heterocycles. The van der Waals surface area contributed by atoms with Gasteiger partial charge in [-0.3, -0.25) is 4.79 Å². The predicted molar refractivity (Wildman–Crippen MR) is 75.2 cm³/mol. The number of halogens is 1. The molecule has 0 heterocycles. The average Bonchev–Trinajstić information content (AvgIpc) is 3.17. The number of amides is 1. The van der Waals surface area contributed by atoms with E-state index < -0.39 is 0 Å². The van der Waals surface area contributed by atoms with Crippen molar-refractivity contribution in [2.75, 3.05) is 6.54 Å². The molecule has 0 unspecified atom stereocenters. The summed E-state index contributed by atoms with van der Waals surface area (Å²) in [6.45, 7) is 1.29.